The quantitative estimate of drug-likeness (QED) is 0.0936. The Bertz CT molecular complexity index is 371. The molecule has 1 atom stereocenters. The SMILES string of the molecule is C=C(C(=O)OCCN(C)C)C(Br)CCCCCCCCCCCCCCC. The maximum absolute atomic E-state index is 11.9. The van der Waals surface area contributed by atoms with Gasteiger partial charge in [-0.05, 0) is 20.5 Å². The molecular formula is C23H44BrNO2. The smallest absolute Gasteiger partial charge is 0.334 e. The first kappa shape index (κ1) is 26.6. The molecule has 0 aliphatic heterocycles. The van der Waals surface area contributed by atoms with E-state index in [-0.39, 0.29) is 10.8 Å². The summed E-state index contributed by atoms with van der Waals surface area (Å²) in [6, 6.07) is 0. The van der Waals surface area contributed by atoms with Crippen molar-refractivity contribution >= 4 is 21.9 Å². The number of halogens is 1. The Balaban J connectivity index is 3.45. The number of hydrogen-bond donors (Lipinski definition) is 0. The van der Waals surface area contributed by atoms with Crippen LogP contribution in [0.15, 0.2) is 12.2 Å². The molecule has 0 radical (unpaired) electrons. The molecule has 0 fully saturated rings. The van der Waals surface area contributed by atoms with E-state index in [1.807, 2.05) is 19.0 Å². The van der Waals surface area contributed by atoms with Crippen molar-refractivity contribution in [3.8, 4) is 0 Å². The van der Waals surface area contributed by atoms with Gasteiger partial charge in [-0.25, -0.2) is 4.79 Å². The highest BCUT2D eigenvalue weighted by Crippen LogP contribution is 2.20. The van der Waals surface area contributed by atoms with Crippen LogP contribution >= 0.6 is 15.9 Å². The average Bonchev–Trinajstić information content (AvgIpc) is 2.64. The zero-order valence-corrected chi connectivity index (χ0v) is 19.8. The molecule has 0 spiro atoms. The second kappa shape index (κ2) is 19.0. The summed E-state index contributed by atoms with van der Waals surface area (Å²) >= 11 is 3.59. The molecule has 4 heteroatoms. The number of esters is 1. The molecule has 0 N–H and O–H groups in total. The van der Waals surface area contributed by atoms with Crippen LogP contribution in [0.25, 0.3) is 0 Å². The van der Waals surface area contributed by atoms with E-state index in [1.54, 1.807) is 0 Å². The van der Waals surface area contributed by atoms with Gasteiger partial charge in [0.05, 0.1) is 0 Å². The minimum absolute atomic E-state index is 0.0389. The van der Waals surface area contributed by atoms with E-state index in [4.69, 9.17) is 4.74 Å². The number of hydrogen-bond acceptors (Lipinski definition) is 3. The van der Waals surface area contributed by atoms with Gasteiger partial charge in [-0.3, -0.25) is 0 Å². The fraction of sp³-hybridized carbons (Fsp3) is 0.870. The van der Waals surface area contributed by atoms with Gasteiger partial charge in [0.25, 0.3) is 0 Å². The summed E-state index contributed by atoms with van der Waals surface area (Å²) in [4.78, 5) is 14.0. The molecule has 0 aromatic carbocycles. The van der Waals surface area contributed by atoms with Gasteiger partial charge < -0.3 is 9.64 Å². The minimum Gasteiger partial charge on any atom is -0.461 e. The summed E-state index contributed by atoms with van der Waals surface area (Å²) in [5, 5.41) is 0. The molecule has 0 aromatic heterocycles. The predicted molar refractivity (Wildman–Crippen MR) is 122 cm³/mol. The summed E-state index contributed by atoms with van der Waals surface area (Å²) in [6.45, 7) is 7.33. The Morgan fingerprint density at radius 2 is 1.33 bits per heavy atom. The first-order chi connectivity index (χ1) is 13.0. The second-order valence-electron chi connectivity index (χ2n) is 7.96. The van der Waals surface area contributed by atoms with Gasteiger partial charge in [0, 0.05) is 16.9 Å². The molecule has 3 nitrogen and oxygen atoms in total. The van der Waals surface area contributed by atoms with Crippen LogP contribution in [0.2, 0.25) is 0 Å². The van der Waals surface area contributed by atoms with Crippen molar-refractivity contribution in [3.05, 3.63) is 12.2 Å². The first-order valence-corrected chi connectivity index (χ1v) is 12.0. The van der Waals surface area contributed by atoms with Crippen LogP contribution in [0.3, 0.4) is 0 Å². The van der Waals surface area contributed by atoms with E-state index < -0.39 is 0 Å². The average molecular weight is 447 g/mol. The fourth-order valence-electron chi connectivity index (χ4n) is 3.06. The standard InChI is InChI=1S/C23H44BrNO2/c1-5-6-7-8-9-10-11-12-13-14-15-16-17-18-22(24)21(2)23(26)27-20-19-25(3)4/h22H,2,5-20H2,1,3-4H3. The highest BCUT2D eigenvalue weighted by molar-refractivity contribution is 9.09. The maximum Gasteiger partial charge on any atom is 0.334 e. The molecule has 0 saturated heterocycles. The Labute approximate surface area is 177 Å². The number of carbonyl (C=O) groups is 1. The zero-order chi connectivity index (χ0) is 20.3. The lowest BCUT2D eigenvalue weighted by atomic mass is 10.0. The molecule has 160 valence electrons. The molecule has 1 unspecified atom stereocenters. The third-order valence-corrected chi connectivity index (χ3v) is 5.98. The Morgan fingerprint density at radius 3 is 1.78 bits per heavy atom. The van der Waals surface area contributed by atoms with Crippen molar-refractivity contribution in [1.29, 1.82) is 0 Å². The molecule has 27 heavy (non-hydrogen) atoms. The number of nitrogens with zero attached hydrogens (tertiary/aromatic N) is 1. The number of rotatable bonds is 19. The van der Waals surface area contributed by atoms with Gasteiger partial charge in [0.2, 0.25) is 0 Å². The summed E-state index contributed by atoms with van der Waals surface area (Å²) < 4.78 is 5.24. The monoisotopic (exact) mass is 445 g/mol. The second-order valence-corrected chi connectivity index (χ2v) is 9.07. The molecule has 0 aliphatic carbocycles. The summed E-state index contributed by atoms with van der Waals surface area (Å²) in [5.41, 5.74) is 0.549. The van der Waals surface area contributed by atoms with Crippen molar-refractivity contribution in [2.45, 2.75) is 102 Å². The molecule has 0 aromatic rings. The number of ether oxygens (including phenoxy) is 1. The van der Waals surface area contributed by atoms with Crippen LogP contribution in [0.1, 0.15) is 96.8 Å². The van der Waals surface area contributed by atoms with Crippen molar-refractivity contribution in [2.75, 3.05) is 27.2 Å². The first-order valence-electron chi connectivity index (χ1n) is 11.1. The van der Waals surface area contributed by atoms with E-state index >= 15 is 0 Å². The van der Waals surface area contributed by atoms with Gasteiger partial charge in [-0.1, -0.05) is 113 Å². The van der Waals surface area contributed by atoms with Crippen molar-refractivity contribution in [1.82, 2.24) is 4.90 Å². The molecule has 0 bridgehead atoms. The molecular weight excluding hydrogens is 402 g/mol. The van der Waals surface area contributed by atoms with Crippen molar-refractivity contribution in [3.63, 3.8) is 0 Å². The van der Waals surface area contributed by atoms with Crippen LogP contribution in [0.5, 0.6) is 0 Å². The molecule has 0 amide bonds. The lowest BCUT2D eigenvalue weighted by molar-refractivity contribution is -0.139. The predicted octanol–water partition coefficient (Wildman–Crippen LogP) is 6.89. The number of carbonyl (C=O) groups excluding carboxylic acids is 1. The largest absolute Gasteiger partial charge is 0.461 e. The van der Waals surface area contributed by atoms with Gasteiger partial charge >= 0.3 is 5.97 Å². The Kier molecular flexibility index (Phi) is 18.7. The van der Waals surface area contributed by atoms with E-state index in [2.05, 4.69) is 29.4 Å². The Morgan fingerprint density at radius 1 is 0.889 bits per heavy atom. The summed E-state index contributed by atoms with van der Waals surface area (Å²) in [6.07, 6.45) is 18.6. The van der Waals surface area contributed by atoms with Crippen molar-refractivity contribution in [2.24, 2.45) is 0 Å². The highest BCUT2D eigenvalue weighted by Gasteiger charge is 2.17. The number of likely N-dealkylation sites (N-methyl/N-ethyl adjacent to an activating group) is 1. The lowest BCUT2D eigenvalue weighted by Crippen LogP contribution is -2.22. The summed E-state index contributed by atoms with van der Waals surface area (Å²) in [7, 11) is 3.93. The molecule has 0 heterocycles. The van der Waals surface area contributed by atoms with Gasteiger partial charge in [0.1, 0.15) is 6.61 Å². The fourth-order valence-corrected chi connectivity index (χ4v) is 3.57. The van der Waals surface area contributed by atoms with Crippen LogP contribution in [-0.4, -0.2) is 42.9 Å². The van der Waals surface area contributed by atoms with Crippen LogP contribution in [-0.2, 0) is 9.53 Å². The van der Waals surface area contributed by atoms with Crippen LogP contribution in [0, 0.1) is 0 Å². The molecule has 0 rings (SSSR count). The molecule has 0 saturated carbocycles. The van der Waals surface area contributed by atoms with Gasteiger partial charge in [0.15, 0.2) is 0 Å². The van der Waals surface area contributed by atoms with E-state index in [9.17, 15) is 4.79 Å². The van der Waals surface area contributed by atoms with Gasteiger partial charge in [-0.2, -0.15) is 0 Å². The summed E-state index contributed by atoms with van der Waals surface area (Å²) in [5.74, 6) is -0.270. The lowest BCUT2D eigenvalue weighted by Gasteiger charge is -2.14. The third kappa shape index (κ3) is 17.5. The zero-order valence-electron chi connectivity index (χ0n) is 18.2. The normalized spacial score (nSPS) is 12.3. The van der Waals surface area contributed by atoms with Crippen LogP contribution < -0.4 is 0 Å². The van der Waals surface area contributed by atoms with E-state index in [1.165, 1.54) is 77.0 Å². The maximum atomic E-state index is 11.9. The highest BCUT2D eigenvalue weighted by atomic mass is 79.9. The number of unbranched alkanes of at least 4 members (excludes halogenated alkanes) is 12. The van der Waals surface area contributed by atoms with Crippen LogP contribution in [0.4, 0.5) is 0 Å². The van der Waals surface area contributed by atoms with Crippen molar-refractivity contribution < 1.29 is 9.53 Å². The van der Waals surface area contributed by atoms with E-state index in [0.29, 0.717) is 12.2 Å². The Hall–Kier alpha value is -0.350. The molecule has 0 aliphatic rings. The topological polar surface area (TPSA) is 29.5 Å². The van der Waals surface area contributed by atoms with Gasteiger partial charge in [-0.15, -0.1) is 0 Å². The van der Waals surface area contributed by atoms with E-state index in [0.717, 1.165) is 19.4 Å². The number of alkyl halides is 1. The third-order valence-electron chi connectivity index (χ3n) is 4.97. The minimum atomic E-state index is -0.270.